The molecule has 1 aromatic carbocycles. The van der Waals surface area contributed by atoms with Crippen LogP contribution in [0.25, 0.3) is 11.0 Å². The van der Waals surface area contributed by atoms with Crippen molar-refractivity contribution in [2.75, 3.05) is 6.54 Å². The van der Waals surface area contributed by atoms with Crippen LogP contribution in [0.4, 0.5) is 0 Å². The molecule has 0 aliphatic carbocycles. The predicted molar refractivity (Wildman–Crippen MR) is 79.3 cm³/mol. The summed E-state index contributed by atoms with van der Waals surface area (Å²) in [5.41, 5.74) is 0.762. The van der Waals surface area contributed by atoms with Gasteiger partial charge >= 0.3 is 0 Å². The van der Waals surface area contributed by atoms with Gasteiger partial charge in [-0.3, -0.25) is 9.69 Å². The van der Waals surface area contributed by atoms with Crippen molar-refractivity contribution >= 4 is 16.8 Å². The number of piperidine rings is 1. The van der Waals surface area contributed by atoms with Gasteiger partial charge in [-0.25, -0.2) is 0 Å². The number of carbonyl (C=O) groups is 1. The van der Waals surface area contributed by atoms with Crippen LogP contribution in [-0.4, -0.2) is 40.5 Å². The highest BCUT2D eigenvalue weighted by atomic mass is 16.3. The molecule has 2 bridgehead atoms. The van der Waals surface area contributed by atoms with Crippen molar-refractivity contribution in [3.05, 3.63) is 36.1 Å². The van der Waals surface area contributed by atoms with Crippen molar-refractivity contribution in [1.29, 1.82) is 0 Å². The Hall–Kier alpha value is -1.65. The van der Waals surface area contributed by atoms with Crippen molar-refractivity contribution in [3.8, 4) is 0 Å². The Morgan fingerprint density at radius 3 is 2.67 bits per heavy atom. The first-order valence-corrected chi connectivity index (χ1v) is 7.66. The Balaban J connectivity index is 1.53. The molecule has 2 aliphatic rings. The lowest BCUT2D eigenvalue weighted by atomic mass is 9.99. The van der Waals surface area contributed by atoms with Crippen molar-refractivity contribution in [3.63, 3.8) is 0 Å². The molecule has 3 heterocycles. The average Bonchev–Trinajstić information content (AvgIpc) is 2.99. The number of hydrogen-bond donors (Lipinski definition) is 1. The lowest BCUT2D eigenvalue weighted by Crippen LogP contribution is -2.46. The molecule has 2 unspecified atom stereocenters. The number of furan rings is 1. The van der Waals surface area contributed by atoms with E-state index in [0.29, 0.717) is 24.4 Å². The number of carbonyl (C=O) groups excluding carboxylic acids is 1. The van der Waals surface area contributed by atoms with Gasteiger partial charge in [-0.1, -0.05) is 18.2 Å². The van der Waals surface area contributed by atoms with Crippen molar-refractivity contribution in [2.45, 2.75) is 43.9 Å². The van der Waals surface area contributed by atoms with E-state index in [1.807, 2.05) is 30.3 Å². The van der Waals surface area contributed by atoms with Gasteiger partial charge in [0.25, 0.3) is 0 Å². The molecule has 4 heteroatoms. The quantitative estimate of drug-likeness (QED) is 0.881. The molecule has 2 aromatic rings. The van der Waals surface area contributed by atoms with Crippen LogP contribution < -0.4 is 0 Å². The summed E-state index contributed by atoms with van der Waals surface area (Å²) in [6.45, 7) is 0.405. The minimum Gasteiger partial charge on any atom is -0.453 e. The molecule has 0 amide bonds. The molecular weight excluding hydrogens is 266 g/mol. The van der Waals surface area contributed by atoms with E-state index in [4.69, 9.17) is 4.42 Å². The van der Waals surface area contributed by atoms with E-state index in [0.717, 1.165) is 36.7 Å². The van der Waals surface area contributed by atoms with E-state index in [2.05, 4.69) is 4.90 Å². The van der Waals surface area contributed by atoms with Crippen LogP contribution in [0.3, 0.4) is 0 Å². The third kappa shape index (κ3) is 2.28. The fourth-order valence-corrected chi connectivity index (χ4v) is 3.87. The van der Waals surface area contributed by atoms with Crippen molar-refractivity contribution in [2.24, 2.45) is 0 Å². The molecule has 0 saturated carbocycles. The number of aliphatic hydroxyl groups is 1. The van der Waals surface area contributed by atoms with Crippen molar-refractivity contribution in [1.82, 2.24) is 4.90 Å². The molecule has 0 radical (unpaired) electrons. The lowest BCUT2D eigenvalue weighted by molar-refractivity contribution is 0.0338. The molecule has 21 heavy (non-hydrogen) atoms. The van der Waals surface area contributed by atoms with Crippen LogP contribution >= 0.6 is 0 Å². The number of ketones is 1. The number of fused-ring (bicyclic) bond motifs is 3. The van der Waals surface area contributed by atoms with Gasteiger partial charge in [-0.05, 0) is 37.8 Å². The van der Waals surface area contributed by atoms with E-state index < -0.39 is 0 Å². The van der Waals surface area contributed by atoms with E-state index in [1.54, 1.807) is 0 Å². The normalized spacial score (nSPS) is 29.1. The molecule has 2 atom stereocenters. The Kier molecular flexibility index (Phi) is 3.08. The van der Waals surface area contributed by atoms with Gasteiger partial charge in [0.05, 0.1) is 12.6 Å². The molecule has 110 valence electrons. The summed E-state index contributed by atoms with van der Waals surface area (Å²) >= 11 is 0. The maximum Gasteiger partial charge on any atom is 0.211 e. The van der Waals surface area contributed by atoms with E-state index >= 15 is 0 Å². The number of para-hydroxylation sites is 1. The highest BCUT2D eigenvalue weighted by molar-refractivity contribution is 5.98. The van der Waals surface area contributed by atoms with Crippen LogP contribution in [0.1, 0.15) is 36.2 Å². The second kappa shape index (κ2) is 4.97. The summed E-state index contributed by atoms with van der Waals surface area (Å²) in [4.78, 5) is 14.8. The Labute approximate surface area is 123 Å². The summed E-state index contributed by atoms with van der Waals surface area (Å²) in [5, 5.41) is 10.8. The van der Waals surface area contributed by atoms with E-state index in [-0.39, 0.29) is 11.9 Å². The van der Waals surface area contributed by atoms with Gasteiger partial charge < -0.3 is 9.52 Å². The third-order valence-electron chi connectivity index (χ3n) is 4.89. The van der Waals surface area contributed by atoms with Crippen LogP contribution in [-0.2, 0) is 0 Å². The van der Waals surface area contributed by atoms with E-state index in [9.17, 15) is 9.90 Å². The molecule has 2 saturated heterocycles. The predicted octanol–water partition coefficient (Wildman–Crippen LogP) is 2.60. The molecule has 2 fully saturated rings. The highest BCUT2D eigenvalue weighted by Crippen LogP contribution is 2.35. The minimum absolute atomic E-state index is 0.0412. The summed E-state index contributed by atoms with van der Waals surface area (Å²) < 4.78 is 5.66. The minimum atomic E-state index is -0.194. The van der Waals surface area contributed by atoms with Gasteiger partial charge in [-0.2, -0.15) is 0 Å². The molecule has 2 aliphatic heterocycles. The zero-order valence-corrected chi connectivity index (χ0v) is 11.9. The number of rotatable bonds is 3. The number of hydrogen-bond acceptors (Lipinski definition) is 4. The largest absolute Gasteiger partial charge is 0.453 e. The molecule has 1 N–H and O–H groups in total. The SMILES string of the molecule is O=C(CN1C2CCC1CC(O)C2)c1cc2ccccc2o1. The highest BCUT2D eigenvalue weighted by Gasteiger charge is 2.41. The maximum absolute atomic E-state index is 12.5. The van der Waals surface area contributed by atoms with Crippen LogP contribution in [0.2, 0.25) is 0 Å². The third-order valence-corrected chi connectivity index (χ3v) is 4.89. The zero-order chi connectivity index (χ0) is 14.4. The Bertz CT molecular complexity index is 630. The number of Topliss-reactive ketones (excluding diaryl/α,β-unsaturated/α-hetero) is 1. The summed E-state index contributed by atoms with van der Waals surface area (Å²) in [6.07, 6.45) is 3.58. The average molecular weight is 285 g/mol. The standard InChI is InChI=1S/C17H19NO3/c19-14-8-12-5-6-13(9-14)18(12)10-15(20)17-7-11-3-1-2-4-16(11)21-17/h1-4,7,12-14,19H,5-6,8-10H2. The first-order valence-electron chi connectivity index (χ1n) is 7.66. The van der Waals surface area contributed by atoms with Crippen molar-refractivity contribution < 1.29 is 14.3 Å². The molecular formula is C17H19NO3. The maximum atomic E-state index is 12.5. The topological polar surface area (TPSA) is 53.7 Å². The first-order chi connectivity index (χ1) is 10.2. The fraction of sp³-hybridized carbons (Fsp3) is 0.471. The van der Waals surface area contributed by atoms with Gasteiger partial charge in [0, 0.05) is 17.5 Å². The number of aliphatic hydroxyl groups excluding tert-OH is 1. The monoisotopic (exact) mass is 285 g/mol. The van der Waals surface area contributed by atoms with Gasteiger partial charge in [0.1, 0.15) is 5.58 Å². The van der Waals surface area contributed by atoms with Crippen LogP contribution in [0, 0.1) is 0 Å². The summed E-state index contributed by atoms with van der Waals surface area (Å²) in [6, 6.07) is 10.2. The van der Waals surface area contributed by atoms with Crippen LogP contribution in [0.5, 0.6) is 0 Å². The van der Waals surface area contributed by atoms with Gasteiger partial charge in [0.15, 0.2) is 5.76 Å². The number of nitrogens with zero attached hydrogens (tertiary/aromatic N) is 1. The Morgan fingerprint density at radius 2 is 1.95 bits per heavy atom. The fourth-order valence-electron chi connectivity index (χ4n) is 3.87. The summed E-state index contributed by atoms with van der Waals surface area (Å²) in [7, 11) is 0. The van der Waals surface area contributed by atoms with E-state index in [1.165, 1.54) is 0 Å². The Morgan fingerprint density at radius 1 is 1.24 bits per heavy atom. The zero-order valence-electron chi connectivity index (χ0n) is 11.9. The second-order valence-electron chi connectivity index (χ2n) is 6.25. The first kappa shape index (κ1) is 13.0. The number of benzene rings is 1. The molecule has 4 nitrogen and oxygen atoms in total. The van der Waals surface area contributed by atoms with Gasteiger partial charge in [-0.15, -0.1) is 0 Å². The summed E-state index contributed by atoms with van der Waals surface area (Å²) in [5.74, 6) is 0.487. The molecule has 4 rings (SSSR count). The molecule has 0 spiro atoms. The molecule has 1 aromatic heterocycles. The van der Waals surface area contributed by atoms with Gasteiger partial charge in [0.2, 0.25) is 5.78 Å². The second-order valence-corrected chi connectivity index (χ2v) is 6.25. The lowest BCUT2D eigenvalue weighted by Gasteiger charge is -2.36. The smallest absolute Gasteiger partial charge is 0.211 e. The van der Waals surface area contributed by atoms with Crippen LogP contribution in [0.15, 0.2) is 34.7 Å².